The summed E-state index contributed by atoms with van der Waals surface area (Å²) < 4.78 is 5.19. The van der Waals surface area contributed by atoms with Crippen LogP contribution in [0.4, 0.5) is 0 Å². The summed E-state index contributed by atoms with van der Waals surface area (Å²) in [6.07, 6.45) is 1.29. The number of hydrogen-bond acceptors (Lipinski definition) is 5. The number of methoxy groups -OCH3 is 1. The molecule has 140 valence electrons. The van der Waals surface area contributed by atoms with Crippen molar-refractivity contribution in [3.05, 3.63) is 40.0 Å². The van der Waals surface area contributed by atoms with Gasteiger partial charge >= 0.3 is 0 Å². The maximum Gasteiger partial charge on any atom is 0.218 e. The highest BCUT2D eigenvalue weighted by Crippen LogP contribution is 2.35. The summed E-state index contributed by atoms with van der Waals surface area (Å²) in [7, 11) is 1.57. The molecular formula is C19H23Cl2N3OS. The molecular weight excluding hydrogens is 389 g/mol. The smallest absolute Gasteiger partial charge is 0.218 e. The van der Waals surface area contributed by atoms with Gasteiger partial charge in [-0.1, -0.05) is 43.1 Å². The molecule has 0 aliphatic carbocycles. The molecule has 2 heterocycles. The van der Waals surface area contributed by atoms with Crippen molar-refractivity contribution in [1.82, 2.24) is 14.9 Å². The first kappa shape index (κ1) is 19.7. The van der Waals surface area contributed by atoms with E-state index in [1.807, 2.05) is 12.1 Å². The van der Waals surface area contributed by atoms with Crippen LogP contribution in [-0.4, -0.2) is 35.1 Å². The fourth-order valence-corrected chi connectivity index (χ4v) is 4.99. The molecule has 1 saturated heterocycles. The molecule has 0 N–H and O–H groups in total. The van der Waals surface area contributed by atoms with Gasteiger partial charge in [0.1, 0.15) is 5.15 Å². The lowest BCUT2D eigenvalue weighted by atomic mass is 9.91. The molecule has 0 saturated carbocycles. The second kappa shape index (κ2) is 8.79. The summed E-state index contributed by atoms with van der Waals surface area (Å²) in [6, 6.07) is 7.55. The number of nitrogens with zero attached hydrogens (tertiary/aromatic N) is 3. The lowest BCUT2D eigenvalue weighted by Gasteiger charge is -2.35. The Morgan fingerprint density at radius 2 is 1.92 bits per heavy atom. The van der Waals surface area contributed by atoms with Crippen LogP contribution in [0.25, 0.3) is 0 Å². The molecule has 2 aromatic rings. The molecule has 0 radical (unpaired) electrons. The van der Waals surface area contributed by atoms with Gasteiger partial charge in [-0.15, -0.1) is 0 Å². The third kappa shape index (κ3) is 5.03. The van der Waals surface area contributed by atoms with Crippen molar-refractivity contribution in [1.29, 1.82) is 0 Å². The molecule has 3 rings (SSSR count). The molecule has 1 fully saturated rings. The lowest BCUT2D eigenvalue weighted by Crippen LogP contribution is -2.38. The molecule has 0 spiro atoms. The average molecular weight is 412 g/mol. The average Bonchev–Trinajstić information content (AvgIpc) is 2.56. The van der Waals surface area contributed by atoms with E-state index in [0.717, 1.165) is 35.1 Å². The number of piperidine rings is 1. The molecule has 4 nitrogen and oxygen atoms in total. The number of aromatic nitrogens is 2. The van der Waals surface area contributed by atoms with E-state index in [0.29, 0.717) is 28.0 Å². The van der Waals surface area contributed by atoms with Crippen LogP contribution in [0.15, 0.2) is 34.3 Å². The summed E-state index contributed by atoms with van der Waals surface area (Å²) in [5, 5.41) is 1.69. The number of benzene rings is 1. The first-order valence-corrected chi connectivity index (χ1v) is 10.3. The molecule has 2 atom stereocenters. The highest BCUT2D eigenvalue weighted by Gasteiger charge is 2.23. The number of ether oxygens (including phenoxy) is 1. The van der Waals surface area contributed by atoms with Crippen LogP contribution in [-0.2, 0) is 6.54 Å². The third-order valence-electron chi connectivity index (χ3n) is 4.46. The van der Waals surface area contributed by atoms with Gasteiger partial charge in [0.05, 0.1) is 7.11 Å². The summed E-state index contributed by atoms with van der Waals surface area (Å²) in [5.74, 6) is 1.87. The van der Waals surface area contributed by atoms with E-state index in [1.54, 1.807) is 13.2 Å². The zero-order chi connectivity index (χ0) is 18.7. The van der Waals surface area contributed by atoms with Crippen LogP contribution in [0.3, 0.4) is 0 Å². The topological polar surface area (TPSA) is 38.2 Å². The van der Waals surface area contributed by atoms with Crippen LogP contribution in [0.1, 0.15) is 25.8 Å². The largest absolute Gasteiger partial charge is 0.481 e. The Labute approximate surface area is 169 Å². The van der Waals surface area contributed by atoms with Crippen LogP contribution < -0.4 is 4.74 Å². The Kier molecular flexibility index (Phi) is 6.67. The minimum absolute atomic E-state index is 0.363. The predicted octanol–water partition coefficient (Wildman–Crippen LogP) is 5.42. The molecule has 1 aromatic heterocycles. The van der Waals surface area contributed by atoms with Gasteiger partial charge < -0.3 is 4.74 Å². The Morgan fingerprint density at radius 3 is 2.62 bits per heavy atom. The molecule has 26 heavy (non-hydrogen) atoms. The number of likely N-dealkylation sites (tertiary alicyclic amines) is 1. The zero-order valence-electron chi connectivity index (χ0n) is 15.2. The van der Waals surface area contributed by atoms with Crippen molar-refractivity contribution in [2.75, 3.05) is 20.2 Å². The fourth-order valence-electron chi connectivity index (χ4n) is 3.56. The standard InChI is InChI=1S/C19H23Cl2N3OS/c1-12-7-13(2)10-24(9-12)11-14-15(20)5-4-6-16(14)26-19-22-17(21)8-18(23-19)25-3/h4-6,8,12-13H,7,9-11H2,1-3H3/t12-,13+. The van der Waals surface area contributed by atoms with Crippen LogP contribution in [0.2, 0.25) is 10.2 Å². The second-order valence-corrected chi connectivity index (χ2v) is 8.78. The van der Waals surface area contributed by atoms with E-state index >= 15 is 0 Å². The monoisotopic (exact) mass is 411 g/mol. The minimum Gasteiger partial charge on any atom is -0.481 e. The minimum atomic E-state index is 0.363. The van der Waals surface area contributed by atoms with Crippen LogP contribution in [0, 0.1) is 11.8 Å². The van der Waals surface area contributed by atoms with Gasteiger partial charge in [0.2, 0.25) is 5.88 Å². The summed E-state index contributed by atoms with van der Waals surface area (Å²) >= 11 is 14.1. The van der Waals surface area contributed by atoms with Gasteiger partial charge in [0, 0.05) is 35.6 Å². The molecule has 1 aliphatic rings. The van der Waals surface area contributed by atoms with Gasteiger partial charge in [-0.05, 0) is 47.7 Å². The molecule has 1 aliphatic heterocycles. The Bertz CT molecular complexity index is 764. The van der Waals surface area contributed by atoms with Crippen molar-refractivity contribution in [2.24, 2.45) is 11.8 Å². The van der Waals surface area contributed by atoms with E-state index in [-0.39, 0.29) is 0 Å². The highest BCUT2D eigenvalue weighted by atomic mass is 35.5. The second-order valence-electron chi connectivity index (χ2n) is 6.97. The van der Waals surface area contributed by atoms with Gasteiger partial charge in [-0.2, -0.15) is 4.98 Å². The van der Waals surface area contributed by atoms with Crippen molar-refractivity contribution < 1.29 is 4.74 Å². The summed E-state index contributed by atoms with van der Waals surface area (Å²) in [4.78, 5) is 12.2. The zero-order valence-corrected chi connectivity index (χ0v) is 17.5. The Hall–Kier alpha value is -1.01. The molecule has 7 heteroatoms. The number of halogens is 2. The first-order chi connectivity index (χ1) is 12.4. The number of rotatable bonds is 5. The lowest BCUT2D eigenvalue weighted by molar-refractivity contribution is 0.133. The van der Waals surface area contributed by atoms with Gasteiger partial charge in [0.25, 0.3) is 0 Å². The summed E-state index contributed by atoms with van der Waals surface area (Å²) in [6.45, 7) is 7.66. The van der Waals surface area contributed by atoms with E-state index in [9.17, 15) is 0 Å². The number of hydrogen-bond donors (Lipinski definition) is 0. The van der Waals surface area contributed by atoms with Crippen molar-refractivity contribution in [2.45, 2.75) is 36.9 Å². The maximum atomic E-state index is 6.55. The first-order valence-electron chi connectivity index (χ1n) is 8.70. The Morgan fingerprint density at radius 1 is 1.19 bits per heavy atom. The quantitative estimate of drug-likeness (QED) is 0.484. The van der Waals surface area contributed by atoms with Crippen LogP contribution in [0.5, 0.6) is 5.88 Å². The van der Waals surface area contributed by atoms with Gasteiger partial charge in [-0.3, -0.25) is 4.90 Å². The molecule has 1 aromatic carbocycles. The molecule has 0 amide bonds. The van der Waals surface area contributed by atoms with Gasteiger partial charge in [-0.25, -0.2) is 4.98 Å². The maximum absolute atomic E-state index is 6.55. The van der Waals surface area contributed by atoms with Crippen molar-refractivity contribution in [3.8, 4) is 5.88 Å². The van der Waals surface area contributed by atoms with E-state index in [1.165, 1.54) is 18.2 Å². The van der Waals surface area contributed by atoms with Crippen molar-refractivity contribution >= 4 is 35.0 Å². The Balaban J connectivity index is 1.84. The van der Waals surface area contributed by atoms with Crippen molar-refractivity contribution in [3.63, 3.8) is 0 Å². The molecule has 0 bridgehead atoms. The van der Waals surface area contributed by atoms with Crippen LogP contribution >= 0.6 is 35.0 Å². The molecule has 0 unspecified atom stereocenters. The highest BCUT2D eigenvalue weighted by molar-refractivity contribution is 7.99. The SMILES string of the molecule is COc1cc(Cl)nc(Sc2cccc(Cl)c2CN2C[C@H](C)C[C@H](C)C2)n1. The van der Waals surface area contributed by atoms with E-state index in [2.05, 4.69) is 34.8 Å². The van der Waals surface area contributed by atoms with E-state index in [4.69, 9.17) is 27.9 Å². The van der Waals surface area contributed by atoms with Gasteiger partial charge in [0.15, 0.2) is 5.16 Å². The normalized spacial score (nSPS) is 21.0. The fraction of sp³-hybridized carbons (Fsp3) is 0.474. The predicted molar refractivity (Wildman–Crippen MR) is 107 cm³/mol. The summed E-state index contributed by atoms with van der Waals surface area (Å²) in [5.41, 5.74) is 1.11. The third-order valence-corrected chi connectivity index (χ3v) is 5.98. The van der Waals surface area contributed by atoms with E-state index < -0.39 is 0 Å².